The third kappa shape index (κ3) is 5.39. The molecule has 7 nitrogen and oxygen atoms in total. The molecule has 3 aromatic rings. The molecule has 0 spiro atoms. The predicted molar refractivity (Wildman–Crippen MR) is 105 cm³/mol. The van der Waals surface area contributed by atoms with Gasteiger partial charge in [-0.1, -0.05) is 23.7 Å². The minimum Gasteiger partial charge on any atom is -0.465 e. The normalized spacial score (nSPS) is 10.3. The second-order valence-electron chi connectivity index (χ2n) is 5.67. The molecule has 1 aromatic heterocycles. The van der Waals surface area contributed by atoms with Crippen LogP contribution in [0.4, 0.5) is 17.5 Å². The number of benzene rings is 2. The highest BCUT2D eigenvalue weighted by Crippen LogP contribution is 2.16. The van der Waals surface area contributed by atoms with Crippen molar-refractivity contribution >= 4 is 35.0 Å². The Morgan fingerprint density at radius 2 is 2.00 bits per heavy atom. The molecule has 3 rings (SSSR count). The molecule has 0 aliphatic carbocycles. The summed E-state index contributed by atoms with van der Waals surface area (Å²) in [6.45, 7) is 0.652. The van der Waals surface area contributed by atoms with Gasteiger partial charge in [-0.15, -0.1) is 5.10 Å². The number of aromatic nitrogens is 3. The van der Waals surface area contributed by atoms with Crippen LogP contribution in [0.3, 0.4) is 0 Å². The zero-order valence-electron chi connectivity index (χ0n) is 14.6. The lowest BCUT2D eigenvalue weighted by atomic mass is 10.1. The Balaban J connectivity index is 1.57. The molecule has 0 saturated carbocycles. The minimum atomic E-state index is -0.378. The molecule has 1 heterocycles. The SMILES string of the molecule is COC(=O)c1ccc(Nc2cnnc(NCCc3cccc(Cl)c3)n2)cc1. The van der Waals surface area contributed by atoms with E-state index in [-0.39, 0.29) is 5.97 Å². The lowest BCUT2D eigenvalue weighted by Gasteiger charge is -2.08. The van der Waals surface area contributed by atoms with Crippen LogP contribution in [0.25, 0.3) is 0 Å². The average molecular weight is 384 g/mol. The molecule has 0 fully saturated rings. The van der Waals surface area contributed by atoms with Crippen LogP contribution in [0.2, 0.25) is 5.02 Å². The maximum absolute atomic E-state index is 11.5. The fourth-order valence-corrected chi connectivity index (χ4v) is 2.62. The van der Waals surface area contributed by atoms with Crippen LogP contribution < -0.4 is 10.6 Å². The molecule has 0 aliphatic rings. The van der Waals surface area contributed by atoms with Crippen LogP contribution in [0.1, 0.15) is 15.9 Å². The highest BCUT2D eigenvalue weighted by Gasteiger charge is 2.05. The van der Waals surface area contributed by atoms with E-state index >= 15 is 0 Å². The van der Waals surface area contributed by atoms with Crippen molar-refractivity contribution in [2.75, 3.05) is 24.3 Å². The standard InChI is InChI=1S/C19H18ClN5O2/c1-27-18(26)14-5-7-16(8-6-14)23-17-12-22-25-19(24-17)21-10-9-13-3-2-4-15(20)11-13/h2-8,11-12H,9-10H2,1H3,(H2,21,23,24,25). The first-order valence-electron chi connectivity index (χ1n) is 8.27. The van der Waals surface area contributed by atoms with Gasteiger partial charge in [-0.3, -0.25) is 0 Å². The molecule has 0 saturated heterocycles. The summed E-state index contributed by atoms with van der Waals surface area (Å²) in [4.78, 5) is 15.8. The molecular formula is C19H18ClN5O2. The molecule has 0 amide bonds. The van der Waals surface area contributed by atoms with Crippen LogP contribution in [0, 0.1) is 0 Å². The van der Waals surface area contributed by atoms with E-state index in [1.807, 2.05) is 24.3 Å². The molecule has 27 heavy (non-hydrogen) atoms. The highest BCUT2D eigenvalue weighted by molar-refractivity contribution is 6.30. The molecular weight excluding hydrogens is 366 g/mol. The number of rotatable bonds is 7. The van der Waals surface area contributed by atoms with Crippen LogP contribution in [-0.4, -0.2) is 34.8 Å². The Hall–Kier alpha value is -3.19. The fraction of sp³-hybridized carbons (Fsp3) is 0.158. The van der Waals surface area contributed by atoms with Crippen LogP contribution in [0.15, 0.2) is 54.7 Å². The van der Waals surface area contributed by atoms with Crippen molar-refractivity contribution in [3.63, 3.8) is 0 Å². The lowest BCUT2D eigenvalue weighted by Crippen LogP contribution is -2.09. The van der Waals surface area contributed by atoms with E-state index < -0.39 is 0 Å². The van der Waals surface area contributed by atoms with Gasteiger partial charge in [0.15, 0.2) is 5.82 Å². The molecule has 2 N–H and O–H groups in total. The quantitative estimate of drug-likeness (QED) is 0.601. The number of carbonyl (C=O) groups is 1. The van der Waals surface area contributed by atoms with Crippen molar-refractivity contribution in [2.45, 2.75) is 6.42 Å². The Morgan fingerprint density at radius 1 is 1.19 bits per heavy atom. The van der Waals surface area contributed by atoms with Gasteiger partial charge in [0.2, 0.25) is 5.95 Å². The summed E-state index contributed by atoms with van der Waals surface area (Å²) in [7, 11) is 1.35. The third-order valence-corrected chi connectivity index (χ3v) is 3.96. The Kier molecular flexibility index (Phi) is 6.17. The molecule has 0 atom stereocenters. The fourth-order valence-electron chi connectivity index (χ4n) is 2.41. The molecule has 0 unspecified atom stereocenters. The number of hydrogen-bond donors (Lipinski definition) is 2. The third-order valence-electron chi connectivity index (χ3n) is 3.72. The summed E-state index contributed by atoms with van der Waals surface area (Å²) in [6, 6.07) is 14.6. The summed E-state index contributed by atoms with van der Waals surface area (Å²) in [5, 5.41) is 14.9. The first-order chi connectivity index (χ1) is 13.1. The number of methoxy groups -OCH3 is 1. The molecule has 0 bridgehead atoms. The predicted octanol–water partition coefficient (Wildman–Crippen LogP) is 3.71. The maximum Gasteiger partial charge on any atom is 0.337 e. The maximum atomic E-state index is 11.5. The summed E-state index contributed by atoms with van der Waals surface area (Å²) in [5.41, 5.74) is 2.38. The van der Waals surface area contributed by atoms with Crippen LogP contribution in [0.5, 0.6) is 0 Å². The smallest absolute Gasteiger partial charge is 0.337 e. The Morgan fingerprint density at radius 3 is 2.74 bits per heavy atom. The summed E-state index contributed by atoms with van der Waals surface area (Å²) >= 11 is 5.98. The zero-order chi connectivity index (χ0) is 19.1. The van der Waals surface area contributed by atoms with Gasteiger partial charge in [0.05, 0.1) is 18.9 Å². The number of halogens is 1. The van der Waals surface area contributed by atoms with E-state index in [4.69, 9.17) is 11.6 Å². The number of nitrogens with zero attached hydrogens (tertiary/aromatic N) is 3. The van der Waals surface area contributed by atoms with E-state index in [1.165, 1.54) is 13.3 Å². The van der Waals surface area contributed by atoms with Gasteiger partial charge in [0.25, 0.3) is 0 Å². The Labute approximate surface area is 161 Å². The second-order valence-corrected chi connectivity index (χ2v) is 6.10. The summed E-state index contributed by atoms with van der Waals surface area (Å²) in [5.74, 6) is 0.589. The van der Waals surface area contributed by atoms with E-state index in [0.717, 1.165) is 22.7 Å². The van der Waals surface area contributed by atoms with Gasteiger partial charge in [0, 0.05) is 17.3 Å². The number of esters is 1. The largest absolute Gasteiger partial charge is 0.465 e. The van der Waals surface area contributed by atoms with Crippen molar-refractivity contribution in [2.24, 2.45) is 0 Å². The first-order valence-corrected chi connectivity index (χ1v) is 8.65. The molecule has 2 aromatic carbocycles. The topological polar surface area (TPSA) is 89.0 Å². The van der Waals surface area contributed by atoms with Gasteiger partial charge in [-0.25, -0.2) is 4.79 Å². The lowest BCUT2D eigenvalue weighted by molar-refractivity contribution is 0.0601. The molecule has 0 radical (unpaired) electrons. The number of anilines is 3. The monoisotopic (exact) mass is 383 g/mol. The van der Waals surface area contributed by atoms with E-state index in [1.54, 1.807) is 24.3 Å². The van der Waals surface area contributed by atoms with Crippen LogP contribution >= 0.6 is 11.6 Å². The number of carbonyl (C=O) groups excluding carboxylic acids is 1. The van der Waals surface area contributed by atoms with E-state index in [9.17, 15) is 4.79 Å². The zero-order valence-corrected chi connectivity index (χ0v) is 15.4. The van der Waals surface area contributed by atoms with Crippen molar-refractivity contribution in [3.8, 4) is 0 Å². The second kappa shape index (κ2) is 8.95. The molecule has 8 heteroatoms. The van der Waals surface area contributed by atoms with Crippen molar-refractivity contribution in [1.82, 2.24) is 15.2 Å². The molecule has 0 aliphatic heterocycles. The van der Waals surface area contributed by atoms with Crippen LogP contribution in [-0.2, 0) is 11.2 Å². The summed E-state index contributed by atoms with van der Waals surface area (Å²) in [6.07, 6.45) is 2.31. The summed E-state index contributed by atoms with van der Waals surface area (Å²) < 4.78 is 4.68. The average Bonchev–Trinajstić information content (AvgIpc) is 2.68. The number of hydrogen-bond acceptors (Lipinski definition) is 7. The van der Waals surface area contributed by atoms with Crippen molar-refractivity contribution in [1.29, 1.82) is 0 Å². The van der Waals surface area contributed by atoms with Crippen molar-refractivity contribution < 1.29 is 9.53 Å². The highest BCUT2D eigenvalue weighted by atomic mass is 35.5. The van der Waals surface area contributed by atoms with Gasteiger partial charge < -0.3 is 15.4 Å². The Bertz CT molecular complexity index is 918. The van der Waals surface area contributed by atoms with Gasteiger partial charge in [0.1, 0.15) is 0 Å². The van der Waals surface area contributed by atoms with Crippen molar-refractivity contribution in [3.05, 3.63) is 70.9 Å². The van der Waals surface area contributed by atoms with Gasteiger partial charge in [-0.2, -0.15) is 10.1 Å². The van der Waals surface area contributed by atoms with E-state index in [2.05, 4.69) is 30.6 Å². The van der Waals surface area contributed by atoms with E-state index in [0.29, 0.717) is 23.9 Å². The number of nitrogens with one attached hydrogen (secondary N) is 2. The first kappa shape index (κ1) is 18.6. The minimum absolute atomic E-state index is 0.378. The molecule has 138 valence electrons. The number of ether oxygens (including phenoxy) is 1. The van der Waals surface area contributed by atoms with Gasteiger partial charge in [-0.05, 0) is 48.4 Å². The van der Waals surface area contributed by atoms with Gasteiger partial charge >= 0.3 is 5.97 Å².